The zero-order chi connectivity index (χ0) is 54.9. The van der Waals surface area contributed by atoms with E-state index in [9.17, 15) is 19.0 Å². The monoisotopic (exact) mass is 1080 g/mol. The third kappa shape index (κ3) is 61.3. The highest BCUT2D eigenvalue weighted by molar-refractivity contribution is 7.45. The second-order valence-corrected chi connectivity index (χ2v) is 24.5. The van der Waals surface area contributed by atoms with E-state index >= 15 is 0 Å². The van der Waals surface area contributed by atoms with Crippen LogP contribution in [0, 0.1) is 0 Å². The summed E-state index contributed by atoms with van der Waals surface area (Å²) in [5.74, 6) is -0.829. The number of phosphoric acid groups is 1. The molecule has 2 atom stereocenters. The number of carbonyl (C=O) groups is 2. The molecule has 0 spiro atoms. The Labute approximate surface area is 465 Å². The van der Waals surface area contributed by atoms with E-state index < -0.39 is 26.5 Å². The molecule has 0 aromatic carbocycles. The van der Waals surface area contributed by atoms with Crippen molar-refractivity contribution in [2.45, 2.75) is 322 Å². The van der Waals surface area contributed by atoms with Crippen LogP contribution in [0.3, 0.4) is 0 Å². The number of nitrogens with zero attached hydrogens (tertiary/aromatic N) is 1. The summed E-state index contributed by atoms with van der Waals surface area (Å²) in [6, 6.07) is 0. The summed E-state index contributed by atoms with van der Waals surface area (Å²) < 4.78 is 34.2. The topological polar surface area (TPSA) is 111 Å². The van der Waals surface area contributed by atoms with Gasteiger partial charge in [0.2, 0.25) is 0 Å². The fourth-order valence-electron chi connectivity index (χ4n) is 9.39. The summed E-state index contributed by atoms with van der Waals surface area (Å²) in [7, 11) is 1.18. The number of likely N-dealkylation sites (N-methyl/N-ethyl adjacent to an activating group) is 1. The molecule has 0 saturated heterocycles. The van der Waals surface area contributed by atoms with E-state index in [4.69, 9.17) is 18.5 Å². The van der Waals surface area contributed by atoms with Crippen LogP contribution in [0.25, 0.3) is 0 Å². The van der Waals surface area contributed by atoms with Crippen LogP contribution in [0.4, 0.5) is 0 Å². The summed E-state index contributed by atoms with van der Waals surface area (Å²) in [4.78, 5) is 37.8. The molecule has 0 aliphatic rings. The Morgan fingerprint density at radius 3 is 1.07 bits per heavy atom. The van der Waals surface area contributed by atoms with Gasteiger partial charge < -0.3 is 27.9 Å². The molecule has 75 heavy (non-hydrogen) atoms. The van der Waals surface area contributed by atoms with Gasteiger partial charge in [-0.15, -0.1) is 0 Å². The van der Waals surface area contributed by atoms with Crippen molar-refractivity contribution in [3.63, 3.8) is 0 Å². The smallest absolute Gasteiger partial charge is 0.306 e. The van der Waals surface area contributed by atoms with Crippen molar-refractivity contribution in [2.75, 3.05) is 47.5 Å². The van der Waals surface area contributed by atoms with Gasteiger partial charge in [-0.2, -0.15) is 0 Å². The van der Waals surface area contributed by atoms with Crippen LogP contribution >= 0.6 is 7.82 Å². The van der Waals surface area contributed by atoms with Crippen molar-refractivity contribution in [2.24, 2.45) is 0 Å². The van der Waals surface area contributed by atoms with Crippen molar-refractivity contribution in [3.05, 3.63) is 36.5 Å². The Hall–Kier alpha value is -1.77. The van der Waals surface area contributed by atoms with E-state index in [-0.39, 0.29) is 32.0 Å². The number of hydrogen-bond acceptors (Lipinski definition) is 8. The molecule has 0 fully saturated rings. The average Bonchev–Trinajstić information content (AvgIpc) is 3.37. The molecule has 0 aliphatic heterocycles. The Balaban J connectivity index is 3.90. The number of hydrogen-bond donors (Lipinski definition) is 0. The van der Waals surface area contributed by atoms with Crippen LogP contribution in [0.5, 0.6) is 0 Å². The molecule has 0 aliphatic carbocycles. The number of allylic oxidation sites excluding steroid dienone is 6. The van der Waals surface area contributed by atoms with Gasteiger partial charge in [-0.25, -0.2) is 0 Å². The van der Waals surface area contributed by atoms with Crippen LogP contribution in [-0.4, -0.2) is 70.0 Å². The first kappa shape index (κ1) is 73.2. The van der Waals surface area contributed by atoms with Crippen LogP contribution in [0.1, 0.15) is 316 Å². The van der Waals surface area contributed by atoms with Crippen LogP contribution in [-0.2, 0) is 32.7 Å². The lowest BCUT2D eigenvalue weighted by molar-refractivity contribution is -0.870. The maximum Gasteiger partial charge on any atom is 0.306 e. The predicted octanol–water partition coefficient (Wildman–Crippen LogP) is 19.7. The van der Waals surface area contributed by atoms with E-state index in [1.807, 2.05) is 21.1 Å². The Morgan fingerprint density at radius 1 is 0.413 bits per heavy atom. The molecule has 0 heterocycles. The maximum atomic E-state index is 12.8. The predicted molar refractivity (Wildman–Crippen MR) is 319 cm³/mol. The molecule has 9 nitrogen and oxygen atoms in total. The lowest BCUT2D eigenvalue weighted by Gasteiger charge is -2.28. The maximum absolute atomic E-state index is 12.8. The third-order valence-corrected chi connectivity index (χ3v) is 15.3. The van der Waals surface area contributed by atoms with E-state index in [1.54, 1.807) is 0 Å². The lowest BCUT2D eigenvalue weighted by atomic mass is 10.0. The van der Waals surface area contributed by atoms with Gasteiger partial charge in [-0.05, 0) is 70.6 Å². The minimum absolute atomic E-state index is 0.0298. The van der Waals surface area contributed by atoms with Gasteiger partial charge in [-0.3, -0.25) is 14.2 Å². The zero-order valence-corrected chi connectivity index (χ0v) is 51.2. The number of unbranched alkanes of at least 4 members (excludes halogenated alkanes) is 40. The highest BCUT2D eigenvalue weighted by Crippen LogP contribution is 2.38. The largest absolute Gasteiger partial charge is 0.756 e. The highest BCUT2D eigenvalue weighted by Gasteiger charge is 2.22. The van der Waals surface area contributed by atoms with Gasteiger partial charge in [0.05, 0.1) is 27.7 Å². The van der Waals surface area contributed by atoms with Gasteiger partial charge in [-0.1, -0.05) is 269 Å². The first-order valence-electron chi connectivity index (χ1n) is 32.2. The average molecular weight is 1080 g/mol. The van der Waals surface area contributed by atoms with Gasteiger partial charge in [0.1, 0.15) is 19.8 Å². The zero-order valence-electron chi connectivity index (χ0n) is 50.3. The van der Waals surface area contributed by atoms with Crippen LogP contribution in [0.2, 0.25) is 0 Å². The molecule has 0 aromatic heterocycles. The lowest BCUT2D eigenvalue weighted by Crippen LogP contribution is -2.37. The summed E-state index contributed by atoms with van der Waals surface area (Å²) in [6.45, 7) is 4.25. The molecule has 0 radical (unpaired) electrons. The van der Waals surface area contributed by atoms with E-state index in [2.05, 4.69) is 50.3 Å². The van der Waals surface area contributed by atoms with E-state index in [0.717, 1.165) is 57.8 Å². The second kappa shape index (κ2) is 56.9. The van der Waals surface area contributed by atoms with Crippen molar-refractivity contribution in [1.82, 2.24) is 0 Å². The van der Waals surface area contributed by atoms with Gasteiger partial charge in [0.25, 0.3) is 7.82 Å². The molecule has 0 bridgehead atoms. The van der Waals surface area contributed by atoms with Gasteiger partial charge >= 0.3 is 11.9 Å². The molecule has 2 unspecified atom stereocenters. The first-order valence-corrected chi connectivity index (χ1v) is 33.7. The molecule has 0 saturated carbocycles. The molecule has 0 amide bonds. The standard InChI is InChI=1S/C65H124NO8P/c1-6-8-10-12-14-16-18-20-22-23-24-25-26-27-28-29-30-31-32-33-34-35-36-37-38-39-40-41-42-43-44-46-48-50-52-54-56-58-65(68)74-63(62-73-75(69,70)72-60-59-66(3,4)5)61-71-64(67)57-55-53-51-49-47-45-21-19-17-15-13-11-9-7-2/h18-21,23-24,63H,6-17,22,25-62H2,1-5H3/b20-18-,21-19-,24-23-. The number of phosphoric ester groups is 1. The summed E-state index contributed by atoms with van der Waals surface area (Å²) in [5.41, 5.74) is 0. The molecule has 0 N–H and O–H groups in total. The Kier molecular flexibility index (Phi) is 55.6. The molecular formula is C65H124NO8P. The van der Waals surface area contributed by atoms with Crippen LogP contribution < -0.4 is 4.89 Å². The number of rotatable bonds is 60. The molecular weight excluding hydrogens is 954 g/mol. The van der Waals surface area contributed by atoms with Crippen molar-refractivity contribution in [3.8, 4) is 0 Å². The third-order valence-electron chi connectivity index (χ3n) is 14.4. The Bertz CT molecular complexity index is 1360. The first-order chi connectivity index (χ1) is 36.5. The number of carbonyl (C=O) groups excluding carboxylic acids is 2. The molecule has 442 valence electrons. The quantitative estimate of drug-likeness (QED) is 0.0195. The number of esters is 2. The van der Waals surface area contributed by atoms with E-state index in [1.165, 1.54) is 225 Å². The SMILES string of the molecule is CCCCCCC/C=C\C/C=C\CCCCCCCCCCCCCCCCCCCCCCCCCCCC(=O)OC(COC(=O)CCCCCCC/C=C\CCCCCCC)COP(=O)([O-])OCC[N+](C)(C)C. The van der Waals surface area contributed by atoms with E-state index in [0.29, 0.717) is 17.4 Å². The van der Waals surface area contributed by atoms with Gasteiger partial charge in [0, 0.05) is 12.8 Å². The summed E-state index contributed by atoms with van der Waals surface area (Å²) in [5, 5.41) is 0. The minimum atomic E-state index is -4.63. The molecule has 0 rings (SSSR count). The number of quaternary nitrogens is 1. The summed E-state index contributed by atoms with van der Waals surface area (Å²) in [6.07, 6.45) is 70.9. The van der Waals surface area contributed by atoms with Crippen molar-refractivity contribution < 1.29 is 42.1 Å². The molecule has 0 aromatic rings. The van der Waals surface area contributed by atoms with Crippen molar-refractivity contribution in [1.29, 1.82) is 0 Å². The number of ether oxygens (including phenoxy) is 2. The fraction of sp³-hybridized carbons (Fsp3) is 0.877. The highest BCUT2D eigenvalue weighted by atomic mass is 31.2. The Morgan fingerprint density at radius 2 is 0.720 bits per heavy atom. The molecule has 10 heteroatoms. The second-order valence-electron chi connectivity index (χ2n) is 23.1. The minimum Gasteiger partial charge on any atom is -0.756 e. The van der Waals surface area contributed by atoms with Crippen LogP contribution in [0.15, 0.2) is 36.5 Å². The fourth-order valence-corrected chi connectivity index (χ4v) is 10.1. The van der Waals surface area contributed by atoms with Crippen molar-refractivity contribution >= 4 is 19.8 Å². The normalized spacial score (nSPS) is 13.4. The summed E-state index contributed by atoms with van der Waals surface area (Å²) >= 11 is 0. The van der Waals surface area contributed by atoms with Gasteiger partial charge in [0.15, 0.2) is 6.10 Å².